The molecule has 2 aromatic carbocycles. The summed E-state index contributed by atoms with van der Waals surface area (Å²) in [6.07, 6.45) is 0. The number of ether oxygens (including phenoxy) is 3. The molecule has 0 heterocycles. The summed E-state index contributed by atoms with van der Waals surface area (Å²) in [4.78, 5) is 35.4. The molecule has 2 aromatic rings. The second-order valence-corrected chi connectivity index (χ2v) is 5.78. The van der Waals surface area contributed by atoms with Gasteiger partial charge in [0.25, 0.3) is 11.8 Å². The molecule has 8 nitrogen and oxygen atoms in total. The Bertz CT molecular complexity index is 825. The highest BCUT2D eigenvalue weighted by atomic mass is 35.5. The van der Waals surface area contributed by atoms with Crippen LogP contribution in [0.1, 0.15) is 17.3 Å². The summed E-state index contributed by atoms with van der Waals surface area (Å²) in [5, 5.41) is 0.544. The first-order valence-corrected chi connectivity index (χ1v) is 8.72. The van der Waals surface area contributed by atoms with Crippen molar-refractivity contribution in [3.63, 3.8) is 0 Å². The minimum atomic E-state index is -0.711. The van der Waals surface area contributed by atoms with Crippen molar-refractivity contribution >= 4 is 29.4 Å². The zero-order valence-corrected chi connectivity index (χ0v) is 15.8. The Morgan fingerprint density at radius 2 is 1.54 bits per heavy atom. The van der Waals surface area contributed by atoms with Crippen LogP contribution in [-0.2, 0) is 14.3 Å². The highest BCUT2D eigenvalue weighted by molar-refractivity contribution is 6.30. The topological polar surface area (TPSA) is 103 Å². The molecule has 0 aliphatic heterocycles. The molecule has 0 spiro atoms. The van der Waals surface area contributed by atoms with Crippen molar-refractivity contribution in [2.75, 3.05) is 19.8 Å². The lowest BCUT2D eigenvalue weighted by Gasteiger charge is -2.11. The van der Waals surface area contributed by atoms with Gasteiger partial charge in [0, 0.05) is 5.02 Å². The van der Waals surface area contributed by atoms with Gasteiger partial charge in [-0.25, -0.2) is 4.79 Å². The predicted octanol–water partition coefficient (Wildman–Crippen LogP) is 2.12. The largest absolute Gasteiger partial charge is 0.493 e. The quantitative estimate of drug-likeness (QED) is 0.514. The molecule has 0 aliphatic carbocycles. The van der Waals surface area contributed by atoms with Gasteiger partial charge >= 0.3 is 5.97 Å². The van der Waals surface area contributed by atoms with Gasteiger partial charge in [0.05, 0.1) is 6.61 Å². The normalized spacial score (nSPS) is 9.93. The number of para-hydroxylation sites is 1. The monoisotopic (exact) mass is 406 g/mol. The van der Waals surface area contributed by atoms with Gasteiger partial charge in [0.15, 0.2) is 13.2 Å². The average Bonchev–Trinajstić information content (AvgIpc) is 2.70. The van der Waals surface area contributed by atoms with E-state index in [0.29, 0.717) is 23.1 Å². The van der Waals surface area contributed by atoms with Crippen molar-refractivity contribution in [3.8, 4) is 11.5 Å². The number of carbonyl (C=O) groups is 3. The maximum absolute atomic E-state index is 12.1. The van der Waals surface area contributed by atoms with Crippen molar-refractivity contribution in [2.24, 2.45) is 0 Å². The Morgan fingerprint density at radius 1 is 0.893 bits per heavy atom. The SMILES string of the molecule is CCOc1ccccc1C(=O)OCC(=O)NNC(=O)COc1ccc(Cl)cc1. The van der Waals surface area contributed by atoms with Crippen molar-refractivity contribution < 1.29 is 28.6 Å². The summed E-state index contributed by atoms with van der Waals surface area (Å²) in [6, 6.07) is 13.0. The molecule has 148 valence electrons. The lowest BCUT2D eigenvalue weighted by molar-refractivity contribution is -0.131. The van der Waals surface area contributed by atoms with E-state index in [-0.39, 0.29) is 12.2 Å². The van der Waals surface area contributed by atoms with Gasteiger partial charge in [0.1, 0.15) is 17.1 Å². The number of benzene rings is 2. The van der Waals surface area contributed by atoms with Crippen LogP contribution in [0.3, 0.4) is 0 Å². The van der Waals surface area contributed by atoms with Gasteiger partial charge in [-0.3, -0.25) is 20.4 Å². The second-order valence-electron chi connectivity index (χ2n) is 5.34. The van der Waals surface area contributed by atoms with Crippen molar-refractivity contribution in [1.82, 2.24) is 10.9 Å². The molecular weight excluding hydrogens is 388 g/mol. The summed E-state index contributed by atoms with van der Waals surface area (Å²) in [7, 11) is 0. The first-order chi connectivity index (χ1) is 13.5. The Hall–Kier alpha value is -3.26. The van der Waals surface area contributed by atoms with Crippen LogP contribution in [0, 0.1) is 0 Å². The average molecular weight is 407 g/mol. The van der Waals surface area contributed by atoms with Gasteiger partial charge in [0.2, 0.25) is 0 Å². The number of esters is 1. The highest BCUT2D eigenvalue weighted by Crippen LogP contribution is 2.18. The molecule has 9 heteroatoms. The van der Waals surface area contributed by atoms with Crippen LogP contribution in [0.25, 0.3) is 0 Å². The van der Waals surface area contributed by atoms with Gasteiger partial charge in [-0.05, 0) is 43.3 Å². The molecule has 0 fully saturated rings. The number of amides is 2. The molecule has 0 saturated heterocycles. The van der Waals surface area contributed by atoms with E-state index in [0.717, 1.165) is 0 Å². The lowest BCUT2D eigenvalue weighted by Crippen LogP contribution is -2.45. The van der Waals surface area contributed by atoms with Crippen molar-refractivity contribution in [1.29, 1.82) is 0 Å². The molecule has 28 heavy (non-hydrogen) atoms. The van der Waals surface area contributed by atoms with Crippen LogP contribution >= 0.6 is 11.6 Å². The predicted molar refractivity (Wildman–Crippen MR) is 101 cm³/mol. The molecule has 0 saturated carbocycles. The van der Waals surface area contributed by atoms with Crippen LogP contribution in [0.5, 0.6) is 11.5 Å². The molecule has 0 aromatic heterocycles. The van der Waals surface area contributed by atoms with E-state index in [9.17, 15) is 14.4 Å². The minimum absolute atomic E-state index is 0.206. The summed E-state index contributed by atoms with van der Waals surface area (Å²) < 4.78 is 15.5. The van der Waals surface area contributed by atoms with Gasteiger partial charge in [-0.2, -0.15) is 0 Å². The smallest absolute Gasteiger partial charge is 0.342 e. The van der Waals surface area contributed by atoms with Crippen molar-refractivity contribution in [2.45, 2.75) is 6.92 Å². The Morgan fingerprint density at radius 3 is 2.21 bits per heavy atom. The van der Waals surface area contributed by atoms with Gasteiger partial charge in [-0.15, -0.1) is 0 Å². The van der Waals surface area contributed by atoms with E-state index in [1.165, 1.54) is 6.07 Å². The maximum Gasteiger partial charge on any atom is 0.342 e. The lowest BCUT2D eigenvalue weighted by atomic mass is 10.2. The van der Waals surface area contributed by atoms with Crippen LogP contribution in [0.2, 0.25) is 5.02 Å². The molecule has 0 unspecified atom stereocenters. The zero-order valence-electron chi connectivity index (χ0n) is 15.1. The fraction of sp³-hybridized carbons (Fsp3) is 0.211. The maximum atomic E-state index is 12.1. The molecule has 0 aliphatic rings. The summed E-state index contributed by atoms with van der Waals surface area (Å²) in [5.74, 6) is -1.19. The Labute approximate surface area is 166 Å². The molecular formula is C19H19ClN2O6. The van der Waals surface area contributed by atoms with Crippen LogP contribution in [0.15, 0.2) is 48.5 Å². The van der Waals surface area contributed by atoms with Crippen LogP contribution in [-0.4, -0.2) is 37.6 Å². The van der Waals surface area contributed by atoms with E-state index >= 15 is 0 Å². The summed E-state index contributed by atoms with van der Waals surface area (Å²) >= 11 is 5.75. The fourth-order valence-electron chi connectivity index (χ4n) is 2.02. The number of hydrazine groups is 1. The molecule has 2 N–H and O–H groups in total. The summed E-state index contributed by atoms with van der Waals surface area (Å²) in [6.45, 7) is 1.28. The fourth-order valence-corrected chi connectivity index (χ4v) is 2.14. The number of carbonyl (C=O) groups excluding carboxylic acids is 3. The number of hydrogen-bond acceptors (Lipinski definition) is 6. The highest BCUT2D eigenvalue weighted by Gasteiger charge is 2.15. The summed E-state index contributed by atoms with van der Waals surface area (Å²) in [5.41, 5.74) is 4.49. The van der Waals surface area contributed by atoms with E-state index in [4.69, 9.17) is 25.8 Å². The van der Waals surface area contributed by atoms with E-state index in [2.05, 4.69) is 10.9 Å². The van der Waals surface area contributed by atoms with Crippen molar-refractivity contribution in [3.05, 3.63) is 59.1 Å². The standard InChI is InChI=1S/C19H19ClN2O6/c1-2-26-16-6-4-3-5-15(16)19(25)28-12-18(24)22-21-17(23)11-27-14-9-7-13(20)8-10-14/h3-10H,2,11-12H2,1H3,(H,21,23)(H,22,24). The third kappa shape index (κ3) is 6.81. The first kappa shape index (κ1) is 21.0. The second kappa shape index (κ2) is 10.8. The first-order valence-electron chi connectivity index (χ1n) is 8.34. The van der Waals surface area contributed by atoms with Crippen LogP contribution in [0.4, 0.5) is 0 Å². The molecule has 2 amide bonds. The number of rotatable bonds is 8. The van der Waals surface area contributed by atoms with Gasteiger partial charge in [-0.1, -0.05) is 23.7 Å². The number of nitrogens with one attached hydrogen (secondary N) is 2. The molecule has 0 radical (unpaired) electrons. The number of hydrogen-bond donors (Lipinski definition) is 2. The van der Waals surface area contributed by atoms with Gasteiger partial charge < -0.3 is 14.2 Å². The molecule has 2 rings (SSSR count). The molecule has 0 bridgehead atoms. The van der Waals surface area contributed by atoms with E-state index < -0.39 is 24.4 Å². The zero-order chi connectivity index (χ0) is 20.4. The minimum Gasteiger partial charge on any atom is -0.493 e. The Balaban J connectivity index is 1.71. The number of halogens is 1. The third-order valence-electron chi connectivity index (χ3n) is 3.27. The van der Waals surface area contributed by atoms with E-state index in [1.807, 2.05) is 0 Å². The Kier molecular flexibility index (Phi) is 8.11. The third-order valence-corrected chi connectivity index (χ3v) is 3.52. The molecule has 0 atom stereocenters. The van der Waals surface area contributed by atoms with Crippen LogP contribution < -0.4 is 20.3 Å². The van der Waals surface area contributed by atoms with E-state index in [1.54, 1.807) is 49.4 Å².